The van der Waals surface area contributed by atoms with Crippen LogP contribution in [0.5, 0.6) is 0 Å². The number of H-pyrrole nitrogens is 1. The number of nitrogens with one attached hydrogen (secondary N) is 2. The van der Waals surface area contributed by atoms with Gasteiger partial charge in [-0.15, -0.1) is 0 Å². The van der Waals surface area contributed by atoms with Crippen molar-refractivity contribution in [3.63, 3.8) is 0 Å². The molecule has 0 unspecified atom stereocenters. The lowest BCUT2D eigenvalue weighted by Gasteiger charge is -2.34. The molecule has 0 amide bonds. The van der Waals surface area contributed by atoms with Gasteiger partial charge in [0.15, 0.2) is 0 Å². The van der Waals surface area contributed by atoms with E-state index in [9.17, 15) is 0 Å². The number of hydrogen-bond acceptors (Lipinski definition) is 8. The van der Waals surface area contributed by atoms with Gasteiger partial charge in [0.05, 0.1) is 12.7 Å². The topological polar surface area (TPSA) is 108 Å². The second-order valence-electron chi connectivity index (χ2n) is 6.96. The zero-order valence-electron chi connectivity index (χ0n) is 16.3. The molecule has 2 N–H and O–H groups in total. The van der Waals surface area contributed by atoms with Gasteiger partial charge >= 0.3 is 0 Å². The van der Waals surface area contributed by atoms with E-state index >= 15 is 0 Å². The molecule has 1 aliphatic rings. The summed E-state index contributed by atoms with van der Waals surface area (Å²) in [6.45, 7) is 6.73. The molecule has 146 valence electrons. The van der Waals surface area contributed by atoms with Crippen LogP contribution in [0.1, 0.15) is 37.0 Å². The van der Waals surface area contributed by atoms with Crippen molar-refractivity contribution in [2.24, 2.45) is 0 Å². The lowest BCUT2D eigenvalue weighted by Crippen LogP contribution is -2.43. The molecule has 1 fully saturated rings. The molecule has 0 atom stereocenters. The van der Waals surface area contributed by atoms with Crippen LogP contribution in [-0.4, -0.2) is 54.2 Å². The van der Waals surface area contributed by atoms with Gasteiger partial charge in [0.25, 0.3) is 0 Å². The van der Waals surface area contributed by atoms with E-state index in [-0.39, 0.29) is 0 Å². The van der Waals surface area contributed by atoms with Gasteiger partial charge in [-0.05, 0) is 26.2 Å². The Kier molecular flexibility index (Phi) is 5.52. The van der Waals surface area contributed by atoms with Gasteiger partial charge in [-0.2, -0.15) is 5.10 Å². The van der Waals surface area contributed by atoms with Crippen molar-refractivity contribution in [3.05, 3.63) is 42.0 Å². The molecule has 3 aromatic heterocycles. The molecule has 0 bridgehead atoms. The Balaban J connectivity index is 1.31. The predicted octanol–water partition coefficient (Wildman–Crippen LogP) is 1.68. The highest BCUT2D eigenvalue weighted by Gasteiger charge is 2.22. The number of anilines is 1. The summed E-state index contributed by atoms with van der Waals surface area (Å²) < 4.78 is 0. The maximum Gasteiger partial charge on any atom is 0.201 e. The molecule has 9 nitrogen and oxygen atoms in total. The Labute approximate surface area is 164 Å². The molecule has 28 heavy (non-hydrogen) atoms. The third kappa shape index (κ3) is 4.14. The molecular weight excluding hydrogens is 354 g/mol. The maximum atomic E-state index is 4.68. The van der Waals surface area contributed by atoms with Crippen molar-refractivity contribution in [2.75, 3.05) is 18.0 Å². The van der Waals surface area contributed by atoms with Gasteiger partial charge in [0, 0.05) is 43.3 Å². The Hall–Kier alpha value is -2.94. The predicted molar refractivity (Wildman–Crippen MR) is 106 cm³/mol. The highest BCUT2D eigenvalue weighted by molar-refractivity contribution is 5.47. The number of nitrogens with zero attached hydrogens (tertiary/aromatic N) is 7. The minimum Gasteiger partial charge on any atom is -0.356 e. The van der Waals surface area contributed by atoms with E-state index in [2.05, 4.69) is 52.3 Å². The molecule has 0 aliphatic carbocycles. The van der Waals surface area contributed by atoms with Crippen molar-refractivity contribution in [3.8, 4) is 11.5 Å². The van der Waals surface area contributed by atoms with Crippen LogP contribution < -0.4 is 10.2 Å². The Bertz CT molecular complexity index is 901. The first-order chi connectivity index (χ1) is 13.7. The van der Waals surface area contributed by atoms with Gasteiger partial charge in [-0.25, -0.2) is 19.9 Å². The fourth-order valence-corrected chi connectivity index (χ4v) is 3.45. The smallest absolute Gasteiger partial charge is 0.201 e. The molecule has 1 aliphatic heterocycles. The monoisotopic (exact) mass is 379 g/mol. The third-order valence-corrected chi connectivity index (χ3v) is 5.02. The van der Waals surface area contributed by atoms with Crippen LogP contribution in [0.4, 0.5) is 5.82 Å². The highest BCUT2D eigenvalue weighted by Crippen LogP contribution is 2.22. The zero-order chi connectivity index (χ0) is 19.3. The maximum absolute atomic E-state index is 4.68. The summed E-state index contributed by atoms with van der Waals surface area (Å²) in [6, 6.07) is 0.453. The van der Waals surface area contributed by atoms with Crippen LogP contribution in [0.3, 0.4) is 0 Å². The first-order valence-electron chi connectivity index (χ1n) is 9.71. The minimum atomic E-state index is 0.453. The van der Waals surface area contributed by atoms with Crippen LogP contribution in [-0.2, 0) is 13.0 Å². The second kappa shape index (κ2) is 8.39. The normalized spacial score (nSPS) is 15.1. The number of aryl methyl sites for hydroxylation is 2. The summed E-state index contributed by atoms with van der Waals surface area (Å²) in [5, 5.41) is 10.8. The number of piperidine rings is 1. The third-order valence-electron chi connectivity index (χ3n) is 5.02. The van der Waals surface area contributed by atoms with Crippen LogP contribution in [0.25, 0.3) is 11.5 Å². The van der Waals surface area contributed by atoms with E-state index in [1.54, 1.807) is 18.6 Å². The Morgan fingerprint density at radius 1 is 1.14 bits per heavy atom. The van der Waals surface area contributed by atoms with Crippen LogP contribution in [0.2, 0.25) is 0 Å². The lowest BCUT2D eigenvalue weighted by atomic mass is 10.0. The van der Waals surface area contributed by atoms with Gasteiger partial charge in [-0.3, -0.25) is 10.1 Å². The molecule has 4 heterocycles. The first-order valence-corrected chi connectivity index (χ1v) is 9.71. The molecule has 9 heteroatoms. The quantitative estimate of drug-likeness (QED) is 0.666. The molecule has 0 aromatic carbocycles. The van der Waals surface area contributed by atoms with Gasteiger partial charge < -0.3 is 10.2 Å². The summed E-state index contributed by atoms with van der Waals surface area (Å²) in [5.74, 6) is 3.31. The van der Waals surface area contributed by atoms with Crippen LogP contribution in [0.15, 0.2) is 24.8 Å². The number of aromatic amines is 1. The fraction of sp³-hybridized carbons (Fsp3) is 0.474. The summed E-state index contributed by atoms with van der Waals surface area (Å²) in [6.07, 6.45) is 9.98. The van der Waals surface area contributed by atoms with Crippen LogP contribution >= 0.6 is 0 Å². The average Bonchev–Trinajstić information content (AvgIpc) is 3.22. The summed E-state index contributed by atoms with van der Waals surface area (Å²) in [4.78, 5) is 24.2. The summed E-state index contributed by atoms with van der Waals surface area (Å²) >= 11 is 0. The van der Waals surface area contributed by atoms with E-state index in [0.717, 1.165) is 49.8 Å². The standard InChI is InChI=1S/C19H25N9/c1-3-14-10-22-13(2)24-19(14)28-8-4-15(5-9-28)23-12-17-25-18(27-26-17)16-11-20-6-7-21-16/h6-7,10-11,15,23H,3-5,8-9,12H2,1-2H3,(H,25,26,27). The zero-order valence-corrected chi connectivity index (χ0v) is 16.3. The van der Waals surface area contributed by atoms with Gasteiger partial charge in [-0.1, -0.05) is 6.92 Å². The van der Waals surface area contributed by atoms with Gasteiger partial charge in [0.1, 0.15) is 23.2 Å². The number of rotatable bonds is 6. The summed E-state index contributed by atoms with van der Waals surface area (Å²) in [7, 11) is 0. The van der Waals surface area contributed by atoms with Crippen molar-refractivity contribution < 1.29 is 0 Å². The molecule has 0 saturated carbocycles. The lowest BCUT2D eigenvalue weighted by molar-refractivity contribution is 0.408. The van der Waals surface area contributed by atoms with E-state index in [1.807, 2.05) is 13.1 Å². The molecule has 4 rings (SSSR count). The number of aromatic nitrogens is 7. The highest BCUT2D eigenvalue weighted by atomic mass is 15.2. The van der Waals surface area contributed by atoms with Crippen molar-refractivity contribution >= 4 is 5.82 Å². The van der Waals surface area contributed by atoms with Gasteiger partial charge in [0.2, 0.25) is 5.82 Å². The van der Waals surface area contributed by atoms with E-state index in [0.29, 0.717) is 24.1 Å². The Morgan fingerprint density at radius 2 is 2.00 bits per heavy atom. The molecule has 0 radical (unpaired) electrons. The number of hydrogen-bond donors (Lipinski definition) is 2. The van der Waals surface area contributed by atoms with E-state index in [1.165, 1.54) is 5.56 Å². The molecule has 1 saturated heterocycles. The molecule has 0 spiro atoms. The van der Waals surface area contributed by atoms with Crippen molar-refractivity contribution in [1.29, 1.82) is 0 Å². The molecular formula is C19H25N9. The van der Waals surface area contributed by atoms with E-state index < -0.39 is 0 Å². The average molecular weight is 379 g/mol. The van der Waals surface area contributed by atoms with E-state index in [4.69, 9.17) is 0 Å². The molecule has 3 aromatic rings. The van der Waals surface area contributed by atoms with Crippen LogP contribution in [0, 0.1) is 6.92 Å². The Morgan fingerprint density at radius 3 is 2.75 bits per heavy atom. The van der Waals surface area contributed by atoms with Crippen molar-refractivity contribution in [2.45, 2.75) is 45.7 Å². The SMILES string of the molecule is CCc1cnc(C)nc1N1CCC(NCc2nc(-c3cnccn3)n[nH]2)CC1. The first kappa shape index (κ1) is 18.4. The minimum absolute atomic E-state index is 0.453. The fourth-order valence-electron chi connectivity index (χ4n) is 3.45. The van der Waals surface area contributed by atoms with Crippen molar-refractivity contribution in [1.82, 2.24) is 40.4 Å². The summed E-state index contributed by atoms with van der Waals surface area (Å²) in [5.41, 5.74) is 1.89. The second-order valence-corrected chi connectivity index (χ2v) is 6.96. The largest absolute Gasteiger partial charge is 0.356 e.